The van der Waals surface area contributed by atoms with Gasteiger partial charge in [0.2, 0.25) is 0 Å². The standard InChI is InChI=1S/C20H23N3O2/c24-18-7-4-10-21-19(18)20(25)23-13-16-8-9-17(14-23)22(12-16)11-15-5-2-1-3-6-15/h1-7,10,16-17,24H,8-9,11-14H2/t16-,17-/m0/s1. The maximum atomic E-state index is 12.8. The predicted molar refractivity (Wildman–Crippen MR) is 95.2 cm³/mol. The number of aromatic hydroxyl groups is 1. The van der Waals surface area contributed by atoms with Crippen molar-refractivity contribution in [2.24, 2.45) is 5.92 Å². The Bertz CT molecular complexity index is 750. The number of hydrogen-bond donors (Lipinski definition) is 1. The summed E-state index contributed by atoms with van der Waals surface area (Å²) in [5, 5.41) is 9.96. The fraction of sp³-hybridized carbons (Fsp3) is 0.400. The van der Waals surface area contributed by atoms with Crippen molar-refractivity contribution >= 4 is 5.91 Å². The monoisotopic (exact) mass is 337 g/mol. The van der Waals surface area contributed by atoms with Crippen molar-refractivity contribution in [3.8, 4) is 5.75 Å². The number of benzene rings is 1. The topological polar surface area (TPSA) is 56.7 Å². The van der Waals surface area contributed by atoms with Crippen molar-refractivity contribution in [3.63, 3.8) is 0 Å². The van der Waals surface area contributed by atoms with Gasteiger partial charge in [0.1, 0.15) is 5.75 Å². The summed E-state index contributed by atoms with van der Waals surface area (Å²) in [6.45, 7) is 3.41. The van der Waals surface area contributed by atoms with Gasteiger partial charge in [-0.25, -0.2) is 4.98 Å². The van der Waals surface area contributed by atoms with Gasteiger partial charge in [-0.05, 0) is 36.5 Å². The molecule has 130 valence electrons. The van der Waals surface area contributed by atoms with Crippen LogP contribution in [0.5, 0.6) is 5.75 Å². The minimum absolute atomic E-state index is 0.0368. The lowest BCUT2D eigenvalue weighted by atomic mass is 9.94. The highest BCUT2D eigenvalue weighted by atomic mass is 16.3. The van der Waals surface area contributed by atoms with Gasteiger partial charge < -0.3 is 10.0 Å². The van der Waals surface area contributed by atoms with Gasteiger partial charge in [0, 0.05) is 38.4 Å². The maximum Gasteiger partial charge on any atom is 0.276 e. The lowest BCUT2D eigenvalue weighted by molar-refractivity contribution is 0.0727. The number of nitrogens with zero attached hydrogens (tertiary/aromatic N) is 3. The first-order valence-electron chi connectivity index (χ1n) is 8.92. The fourth-order valence-corrected chi connectivity index (χ4v) is 4.07. The van der Waals surface area contributed by atoms with E-state index in [0.717, 1.165) is 32.5 Å². The van der Waals surface area contributed by atoms with Gasteiger partial charge in [0.25, 0.3) is 5.91 Å². The van der Waals surface area contributed by atoms with Crippen molar-refractivity contribution in [1.82, 2.24) is 14.8 Å². The average Bonchev–Trinajstić information content (AvgIpc) is 2.94. The number of carbonyl (C=O) groups is 1. The molecule has 2 bridgehead atoms. The molecule has 2 atom stereocenters. The zero-order valence-electron chi connectivity index (χ0n) is 14.2. The van der Waals surface area contributed by atoms with Crippen LogP contribution >= 0.6 is 0 Å². The van der Waals surface area contributed by atoms with Crippen molar-refractivity contribution in [1.29, 1.82) is 0 Å². The van der Waals surface area contributed by atoms with Crippen LogP contribution in [-0.4, -0.2) is 51.5 Å². The molecule has 3 fully saturated rings. The Morgan fingerprint density at radius 2 is 1.92 bits per heavy atom. The molecule has 3 aliphatic heterocycles. The van der Waals surface area contributed by atoms with E-state index in [1.807, 2.05) is 11.0 Å². The first-order chi connectivity index (χ1) is 12.2. The second kappa shape index (κ2) is 6.84. The summed E-state index contributed by atoms with van der Waals surface area (Å²) in [5.74, 6) is 0.291. The molecule has 0 aliphatic carbocycles. The molecule has 25 heavy (non-hydrogen) atoms. The van der Waals surface area contributed by atoms with Crippen LogP contribution in [0, 0.1) is 5.92 Å². The quantitative estimate of drug-likeness (QED) is 0.935. The van der Waals surface area contributed by atoms with Crippen LogP contribution in [0.15, 0.2) is 48.7 Å². The van der Waals surface area contributed by atoms with E-state index in [2.05, 4.69) is 34.1 Å². The molecule has 1 aromatic heterocycles. The van der Waals surface area contributed by atoms with E-state index < -0.39 is 0 Å². The third-order valence-electron chi connectivity index (χ3n) is 5.33. The van der Waals surface area contributed by atoms with Gasteiger partial charge in [-0.3, -0.25) is 9.69 Å². The van der Waals surface area contributed by atoms with E-state index in [1.165, 1.54) is 11.6 Å². The second-order valence-electron chi connectivity index (χ2n) is 7.09. The highest BCUT2D eigenvalue weighted by Gasteiger charge is 2.37. The average molecular weight is 337 g/mol. The molecule has 3 aliphatic rings. The van der Waals surface area contributed by atoms with Gasteiger partial charge >= 0.3 is 0 Å². The van der Waals surface area contributed by atoms with E-state index in [0.29, 0.717) is 18.5 Å². The molecule has 0 radical (unpaired) electrons. The van der Waals surface area contributed by atoms with Crippen LogP contribution < -0.4 is 0 Å². The van der Waals surface area contributed by atoms with Crippen LogP contribution in [0.4, 0.5) is 0 Å². The van der Waals surface area contributed by atoms with Crippen molar-refractivity contribution in [2.75, 3.05) is 19.6 Å². The summed E-state index contributed by atoms with van der Waals surface area (Å²) in [7, 11) is 0. The summed E-state index contributed by atoms with van der Waals surface area (Å²) in [6, 6.07) is 14.0. The highest BCUT2D eigenvalue weighted by molar-refractivity contribution is 5.94. The van der Waals surface area contributed by atoms with Gasteiger partial charge in [-0.2, -0.15) is 0 Å². The van der Waals surface area contributed by atoms with E-state index >= 15 is 0 Å². The van der Waals surface area contributed by atoms with Crippen molar-refractivity contribution in [2.45, 2.75) is 25.4 Å². The number of rotatable bonds is 3. The molecular formula is C20H23N3O2. The molecule has 4 heterocycles. The minimum Gasteiger partial charge on any atom is -0.505 e. The number of amides is 1. The molecule has 0 saturated carbocycles. The molecule has 0 unspecified atom stereocenters. The number of carbonyl (C=O) groups excluding carboxylic acids is 1. The van der Waals surface area contributed by atoms with Gasteiger partial charge in [-0.15, -0.1) is 0 Å². The van der Waals surface area contributed by atoms with Crippen molar-refractivity contribution < 1.29 is 9.90 Å². The number of hydrogen-bond acceptors (Lipinski definition) is 4. The highest BCUT2D eigenvalue weighted by Crippen LogP contribution is 2.30. The molecule has 2 aromatic rings. The van der Waals surface area contributed by atoms with Gasteiger partial charge in [-0.1, -0.05) is 30.3 Å². The number of piperidine rings is 1. The van der Waals surface area contributed by atoms with Crippen LogP contribution in [0.25, 0.3) is 0 Å². The van der Waals surface area contributed by atoms with Gasteiger partial charge in [0.05, 0.1) is 0 Å². The lowest BCUT2D eigenvalue weighted by Gasteiger charge is -2.36. The largest absolute Gasteiger partial charge is 0.505 e. The van der Waals surface area contributed by atoms with Crippen molar-refractivity contribution in [3.05, 3.63) is 59.9 Å². The Labute approximate surface area is 147 Å². The third kappa shape index (κ3) is 3.37. The lowest BCUT2D eigenvalue weighted by Crippen LogP contribution is -2.44. The van der Waals surface area contributed by atoms with Gasteiger partial charge in [0.15, 0.2) is 5.69 Å². The second-order valence-corrected chi connectivity index (χ2v) is 7.09. The molecule has 1 amide bonds. The zero-order chi connectivity index (χ0) is 17.2. The van der Waals surface area contributed by atoms with Crippen LogP contribution in [0.2, 0.25) is 0 Å². The smallest absolute Gasteiger partial charge is 0.276 e. The Morgan fingerprint density at radius 3 is 2.72 bits per heavy atom. The fourth-order valence-electron chi connectivity index (χ4n) is 4.07. The normalized spacial score (nSPS) is 23.4. The molecule has 5 rings (SSSR count). The van der Waals surface area contributed by atoms with E-state index in [1.54, 1.807) is 12.3 Å². The first-order valence-corrected chi connectivity index (χ1v) is 8.92. The summed E-state index contributed by atoms with van der Waals surface area (Å²) >= 11 is 0. The minimum atomic E-state index is -0.156. The number of aromatic nitrogens is 1. The molecule has 5 heteroatoms. The summed E-state index contributed by atoms with van der Waals surface area (Å²) in [4.78, 5) is 21.3. The van der Waals surface area contributed by atoms with Crippen LogP contribution in [0.1, 0.15) is 28.9 Å². The van der Waals surface area contributed by atoms with Crippen LogP contribution in [-0.2, 0) is 6.54 Å². The van der Waals surface area contributed by atoms with Crippen LogP contribution in [0.3, 0.4) is 0 Å². The first kappa shape index (κ1) is 16.1. The zero-order valence-corrected chi connectivity index (χ0v) is 14.2. The Hall–Kier alpha value is -2.40. The van der Waals surface area contributed by atoms with E-state index in [9.17, 15) is 9.90 Å². The molecule has 1 aromatic carbocycles. The Morgan fingerprint density at radius 1 is 1.08 bits per heavy atom. The summed E-state index contributed by atoms with van der Waals surface area (Å²) in [5.41, 5.74) is 1.48. The maximum absolute atomic E-state index is 12.8. The summed E-state index contributed by atoms with van der Waals surface area (Å²) in [6.07, 6.45) is 3.84. The molecule has 3 saturated heterocycles. The SMILES string of the molecule is O=C(c1ncccc1O)N1C[C@H]2CC[C@@H](C1)N(Cc1ccccc1)C2. The Kier molecular flexibility index (Phi) is 4.40. The molecule has 0 spiro atoms. The number of fused-ring (bicyclic) bond motifs is 4. The molecular weight excluding hydrogens is 314 g/mol. The predicted octanol–water partition coefficient (Wildman–Crippen LogP) is 2.52. The molecule has 1 N–H and O–H groups in total. The third-order valence-corrected chi connectivity index (χ3v) is 5.33. The van der Waals surface area contributed by atoms with E-state index in [4.69, 9.17) is 0 Å². The summed E-state index contributed by atoms with van der Waals surface area (Å²) < 4.78 is 0. The number of pyridine rings is 1. The Balaban J connectivity index is 1.51. The van der Waals surface area contributed by atoms with E-state index in [-0.39, 0.29) is 17.4 Å². The molecule has 5 nitrogen and oxygen atoms in total.